The van der Waals surface area contributed by atoms with E-state index in [1.54, 1.807) is 7.11 Å². The van der Waals surface area contributed by atoms with Gasteiger partial charge in [0.05, 0.1) is 70.0 Å². The highest BCUT2D eigenvalue weighted by molar-refractivity contribution is 6.74. The van der Waals surface area contributed by atoms with Gasteiger partial charge in [-0.15, -0.1) is 0 Å². The molecule has 11 heteroatoms. The Morgan fingerprint density at radius 1 is 1.11 bits per heavy atom. The molecule has 10 nitrogen and oxygen atoms in total. The van der Waals surface area contributed by atoms with E-state index in [4.69, 9.17) is 32.8 Å². The summed E-state index contributed by atoms with van der Waals surface area (Å²) in [5, 5.41) is 21.6. The van der Waals surface area contributed by atoms with Gasteiger partial charge in [-0.2, -0.15) is 0 Å². The highest BCUT2D eigenvalue weighted by Crippen LogP contribution is 2.45. The third kappa shape index (κ3) is 9.38. The second kappa shape index (κ2) is 15.1. The van der Waals surface area contributed by atoms with Crippen LogP contribution in [-0.4, -0.2) is 107 Å². The van der Waals surface area contributed by atoms with Crippen LogP contribution in [0.5, 0.6) is 0 Å². The van der Waals surface area contributed by atoms with Crippen LogP contribution in [0.1, 0.15) is 80.6 Å². The van der Waals surface area contributed by atoms with Crippen LogP contribution in [-0.2, 0) is 37.6 Å². The Kier molecular flexibility index (Phi) is 13.0. The van der Waals surface area contributed by atoms with Crippen LogP contribution >= 0.6 is 0 Å². The van der Waals surface area contributed by atoms with Gasteiger partial charge in [0, 0.05) is 44.1 Å². The molecule has 45 heavy (non-hydrogen) atoms. The molecular weight excluding hydrogens is 596 g/mol. The van der Waals surface area contributed by atoms with E-state index in [9.17, 15) is 15.0 Å². The molecule has 2 N–H and O–H groups in total. The Hall–Kier alpha value is -0.893. The van der Waals surface area contributed by atoms with Gasteiger partial charge in [0.25, 0.3) is 0 Å². The average molecular weight is 659 g/mol. The summed E-state index contributed by atoms with van der Waals surface area (Å²) < 4.78 is 43.3. The zero-order valence-corrected chi connectivity index (χ0v) is 30.7. The highest BCUT2D eigenvalue weighted by atomic mass is 28.4. The lowest BCUT2D eigenvalue weighted by molar-refractivity contribution is -0.307. The molecule has 3 heterocycles. The maximum absolute atomic E-state index is 12.0. The van der Waals surface area contributed by atoms with E-state index < -0.39 is 32.4 Å². The fraction of sp³-hybridized carbons (Fsp3) is 0.912. The van der Waals surface area contributed by atoms with E-state index in [0.717, 1.165) is 0 Å². The number of hydrogen-bond donors (Lipinski definition) is 2. The van der Waals surface area contributed by atoms with Crippen LogP contribution in [0.25, 0.3) is 0 Å². The molecule has 0 aliphatic carbocycles. The van der Waals surface area contributed by atoms with E-state index in [1.165, 1.54) is 7.11 Å². The molecule has 0 spiro atoms. The third-order valence-electron chi connectivity index (χ3n) is 10.6. The molecule has 0 bridgehead atoms. The first kappa shape index (κ1) is 38.6. The van der Waals surface area contributed by atoms with Crippen LogP contribution < -0.4 is 0 Å². The zero-order valence-electron chi connectivity index (χ0n) is 29.7. The van der Waals surface area contributed by atoms with Gasteiger partial charge in [0.2, 0.25) is 0 Å². The van der Waals surface area contributed by atoms with Crippen molar-refractivity contribution in [2.24, 2.45) is 17.3 Å². The van der Waals surface area contributed by atoms with Crippen molar-refractivity contribution < 1.29 is 47.9 Å². The quantitative estimate of drug-likeness (QED) is 0.159. The molecule has 0 aromatic carbocycles. The number of hydrogen-bond acceptors (Lipinski definition) is 10. The summed E-state index contributed by atoms with van der Waals surface area (Å²) in [6.07, 6.45) is -0.979. The van der Waals surface area contributed by atoms with E-state index in [0.29, 0.717) is 44.5 Å². The minimum Gasteiger partial charge on any atom is -0.469 e. The average Bonchev–Trinajstić information content (AvgIpc) is 2.97. The Balaban J connectivity index is 1.80. The fourth-order valence-corrected chi connectivity index (χ4v) is 7.81. The molecule has 0 radical (unpaired) electrons. The molecule has 3 aliphatic heterocycles. The summed E-state index contributed by atoms with van der Waals surface area (Å²) in [6.45, 7) is 24.6. The first-order valence-corrected chi connectivity index (χ1v) is 19.5. The number of rotatable bonds is 13. The summed E-state index contributed by atoms with van der Waals surface area (Å²) in [7, 11) is 0.762. The molecule has 1 unspecified atom stereocenters. The number of carbonyl (C=O) groups excluding carboxylic acids is 1. The molecule has 0 amide bonds. The number of ether oxygens (including phenoxy) is 6. The summed E-state index contributed by atoms with van der Waals surface area (Å²) in [6, 6.07) is 0. The van der Waals surface area contributed by atoms with Gasteiger partial charge in [-0.05, 0) is 29.6 Å². The first-order valence-electron chi connectivity index (χ1n) is 16.6. The third-order valence-corrected chi connectivity index (χ3v) is 15.0. The lowest BCUT2D eigenvalue weighted by Gasteiger charge is -2.53. The highest BCUT2D eigenvalue weighted by Gasteiger charge is 2.53. The zero-order chi connectivity index (χ0) is 34.0. The largest absolute Gasteiger partial charge is 0.469 e. The number of fused-ring (bicyclic) bond motifs is 1. The molecule has 3 rings (SSSR count). The monoisotopic (exact) mass is 658 g/mol. The Morgan fingerprint density at radius 2 is 1.73 bits per heavy atom. The van der Waals surface area contributed by atoms with Crippen molar-refractivity contribution in [3.8, 4) is 0 Å². The SMILES string of the molecule is C=C([C@H](C)CC1(CCC(=O)OC)OCC(C)(C)CO1)[C@H](O)C[C@@H]1O[C@H]2C[C@@H](OC)[C@@H](CO)O[C@H]2[C@H](C)C1O[Si](C)(C)C(C)(C)C. The number of aliphatic hydroxyl groups excluding tert-OH is 2. The molecular formula is C34H62O10Si. The summed E-state index contributed by atoms with van der Waals surface area (Å²) in [4.78, 5) is 12.0. The molecule has 262 valence electrons. The number of aliphatic hydroxyl groups is 2. The predicted molar refractivity (Wildman–Crippen MR) is 174 cm³/mol. The van der Waals surface area contributed by atoms with Gasteiger partial charge in [0.1, 0.15) is 6.10 Å². The second-order valence-electron chi connectivity index (χ2n) is 15.9. The summed E-state index contributed by atoms with van der Waals surface area (Å²) in [5.74, 6) is -1.50. The number of methoxy groups -OCH3 is 2. The summed E-state index contributed by atoms with van der Waals surface area (Å²) in [5.41, 5.74) is 0.520. The van der Waals surface area contributed by atoms with Crippen LogP contribution in [0, 0.1) is 17.3 Å². The topological polar surface area (TPSA) is 122 Å². The van der Waals surface area contributed by atoms with Crippen LogP contribution in [0.2, 0.25) is 18.1 Å². The second-order valence-corrected chi connectivity index (χ2v) is 20.7. The summed E-state index contributed by atoms with van der Waals surface area (Å²) >= 11 is 0. The standard InChI is InChI=1S/C34H62O10Si/c1-21(17-34(14-13-29(37)39-10)40-19-33(7,8)20-41-34)22(2)24(36)15-26-31(44-45(11,12)32(4,5)6)23(3)30-27(42-26)16-25(38-9)28(18-35)43-30/h21,23-28,30-31,35-36H,2,13-20H2,1,3-12H3/t21-,23+,24-,25-,26+,27+,28-,30+,31?/m1/s1. The van der Waals surface area contributed by atoms with Gasteiger partial charge in [-0.3, -0.25) is 4.79 Å². The molecule has 0 saturated carbocycles. The normalized spacial score (nSPS) is 33.1. The maximum atomic E-state index is 12.0. The molecule has 0 aromatic heterocycles. The number of carbonyl (C=O) groups is 1. The first-order chi connectivity index (χ1) is 20.8. The minimum absolute atomic E-state index is 0.0277. The minimum atomic E-state index is -2.24. The van der Waals surface area contributed by atoms with E-state index in [-0.39, 0.29) is 65.7 Å². The van der Waals surface area contributed by atoms with Gasteiger partial charge < -0.3 is 43.1 Å². The van der Waals surface area contributed by atoms with E-state index >= 15 is 0 Å². The lowest BCUT2D eigenvalue weighted by atomic mass is 9.80. The smallest absolute Gasteiger partial charge is 0.305 e. The van der Waals surface area contributed by atoms with Crippen LogP contribution in [0.15, 0.2) is 12.2 Å². The lowest BCUT2D eigenvalue weighted by Crippen LogP contribution is -2.63. The van der Waals surface area contributed by atoms with Crippen molar-refractivity contribution in [2.75, 3.05) is 34.0 Å². The van der Waals surface area contributed by atoms with Gasteiger partial charge in [0.15, 0.2) is 14.1 Å². The van der Waals surface area contributed by atoms with Crippen molar-refractivity contribution in [2.45, 2.75) is 147 Å². The molecule has 9 atom stereocenters. The van der Waals surface area contributed by atoms with Crippen molar-refractivity contribution in [3.05, 3.63) is 12.2 Å². The van der Waals surface area contributed by atoms with Crippen molar-refractivity contribution in [1.29, 1.82) is 0 Å². The number of esters is 1. The Morgan fingerprint density at radius 3 is 2.27 bits per heavy atom. The van der Waals surface area contributed by atoms with Crippen molar-refractivity contribution >= 4 is 14.3 Å². The maximum Gasteiger partial charge on any atom is 0.305 e. The van der Waals surface area contributed by atoms with Gasteiger partial charge >= 0.3 is 5.97 Å². The van der Waals surface area contributed by atoms with Crippen LogP contribution in [0.4, 0.5) is 0 Å². The fourth-order valence-electron chi connectivity index (χ4n) is 6.41. The Labute approximate surface area is 272 Å². The van der Waals surface area contributed by atoms with Gasteiger partial charge in [-0.1, -0.05) is 55.0 Å². The Bertz CT molecular complexity index is 984. The van der Waals surface area contributed by atoms with Crippen LogP contribution in [0.3, 0.4) is 0 Å². The van der Waals surface area contributed by atoms with E-state index in [1.807, 2.05) is 6.92 Å². The van der Waals surface area contributed by atoms with Crippen molar-refractivity contribution in [3.63, 3.8) is 0 Å². The molecule has 3 aliphatic rings. The molecule has 0 aromatic rings. The van der Waals surface area contributed by atoms with Crippen molar-refractivity contribution in [1.82, 2.24) is 0 Å². The molecule has 3 fully saturated rings. The van der Waals surface area contributed by atoms with E-state index in [2.05, 4.69) is 61.2 Å². The predicted octanol–water partition coefficient (Wildman–Crippen LogP) is 5.00. The van der Waals surface area contributed by atoms with Gasteiger partial charge in [-0.25, -0.2) is 0 Å². The molecule has 3 saturated heterocycles.